The van der Waals surface area contributed by atoms with Crippen molar-refractivity contribution in [3.05, 3.63) is 103 Å². The Morgan fingerprint density at radius 3 is 2.15 bits per heavy atom. The van der Waals surface area contributed by atoms with E-state index in [0.717, 1.165) is 33.2 Å². The molecule has 0 radical (unpaired) electrons. The van der Waals surface area contributed by atoms with Crippen LogP contribution in [0.4, 0.5) is 5.69 Å². The van der Waals surface area contributed by atoms with E-state index in [9.17, 15) is 0 Å². The molecule has 0 atom stereocenters. The lowest BCUT2D eigenvalue weighted by Gasteiger charge is -2.01. The highest BCUT2D eigenvalue weighted by Crippen LogP contribution is 2.31. The van der Waals surface area contributed by atoms with Gasteiger partial charge in [-0.2, -0.15) is 0 Å². The summed E-state index contributed by atoms with van der Waals surface area (Å²) in [4.78, 5) is 4.65. The fraction of sp³-hybridized carbons (Fsp3) is 0. The SMILES string of the molecule is C(=Nc1ccc2oc3ccccc3c2c1)c1ccc(-c2ccccc2)cc1. The van der Waals surface area contributed by atoms with Gasteiger partial charge < -0.3 is 4.42 Å². The smallest absolute Gasteiger partial charge is 0.135 e. The van der Waals surface area contributed by atoms with E-state index in [1.54, 1.807) is 0 Å². The molecule has 0 aliphatic rings. The predicted molar refractivity (Wildman–Crippen MR) is 113 cm³/mol. The quantitative estimate of drug-likeness (QED) is 0.322. The maximum Gasteiger partial charge on any atom is 0.135 e. The van der Waals surface area contributed by atoms with Crippen LogP contribution in [0.1, 0.15) is 5.56 Å². The minimum atomic E-state index is 0.891. The Balaban J connectivity index is 1.44. The lowest BCUT2D eigenvalue weighted by molar-refractivity contribution is 0.669. The normalized spacial score (nSPS) is 11.6. The van der Waals surface area contributed by atoms with E-state index in [0.29, 0.717) is 0 Å². The Hall–Kier alpha value is -3.65. The van der Waals surface area contributed by atoms with Crippen molar-refractivity contribution in [1.82, 2.24) is 0 Å². The number of benzene rings is 4. The van der Waals surface area contributed by atoms with E-state index >= 15 is 0 Å². The van der Waals surface area contributed by atoms with Gasteiger partial charge in [0.1, 0.15) is 11.2 Å². The Labute approximate surface area is 157 Å². The number of furan rings is 1. The van der Waals surface area contributed by atoms with Crippen LogP contribution < -0.4 is 0 Å². The van der Waals surface area contributed by atoms with Gasteiger partial charge in [0, 0.05) is 17.0 Å². The van der Waals surface area contributed by atoms with Crippen LogP contribution >= 0.6 is 0 Å². The summed E-state index contributed by atoms with van der Waals surface area (Å²) in [6, 6.07) is 33.0. The molecule has 0 saturated carbocycles. The molecule has 2 heteroatoms. The molecule has 0 N–H and O–H groups in total. The molecule has 0 amide bonds. The zero-order valence-corrected chi connectivity index (χ0v) is 14.7. The highest BCUT2D eigenvalue weighted by atomic mass is 16.3. The van der Waals surface area contributed by atoms with Crippen molar-refractivity contribution >= 4 is 33.8 Å². The van der Waals surface area contributed by atoms with Gasteiger partial charge in [-0.3, -0.25) is 4.99 Å². The molecule has 0 fully saturated rings. The molecular weight excluding hydrogens is 330 g/mol. The number of hydrogen-bond acceptors (Lipinski definition) is 2. The summed E-state index contributed by atoms with van der Waals surface area (Å²) >= 11 is 0. The van der Waals surface area contributed by atoms with Gasteiger partial charge in [0.15, 0.2) is 0 Å². The van der Waals surface area contributed by atoms with E-state index in [4.69, 9.17) is 4.42 Å². The number of nitrogens with zero attached hydrogens (tertiary/aromatic N) is 1. The second-order valence-electron chi connectivity index (χ2n) is 6.52. The van der Waals surface area contributed by atoms with E-state index in [1.165, 1.54) is 11.1 Å². The van der Waals surface area contributed by atoms with Crippen LogP contribution in [0, 0.1) is 0 Å². The number of aliphatic imine (C=N–C) groups is 1. The third-order valence-electron chi connectivity index (χ3n) is 4.74. The fourth-order valence-corrected chi connectivity index (χ4v) is 3.34. The predicted octanol–water partition coefficient (Wildman–Crippen LogP) is 7.00. The first kappa shape index (κ1) is 15.6. The minimum absolute atomic E-state index is 0.891. The highest BCUT2D eigenvalue weighted by molar-refractivity contribution is 6.06. The monoisotopic (exact) mass is 347 g/mol. The molecule has 27 heavy (non-hydrogen) atoms. The first-order chi connectivity index (χ1) is 13.4. The van der Waals surface area contributed by atoms with E-state index in [1.807, 2.05) is 42.6 Å². The van der Waals surface area contributed by atoms with Crippen LogP contribution in [0.15, 0.2) is 106 Å². The minimum Gasteiger partial charge on any atom is -0.456 e. The summed E-state index contributed by atoms with van der Waals surface area (Å²) < 4.78 is 5.87. The third kappa shape index (κ3) is 3.02. The van der Waals surface area contributed by atoms with Crippen molar-refractivity contribution in [1.29, 1.82) is 0 Å². The molecule has 4 aromatic carbocycles. The van der Waals surface area contributed by atoms with Crippen molar-refractivity contribution in [2.24, 2.45) is 4.99 Å². The van der Waals surface area contributed by atoms with Gasteiger partial charge in [-0.25, -0.2) is 0 Å². The second kappa shape index (κ2) is 6.58. The van der Waals surface area contributed by atoms with Gasteiger partial charge in [-0.1, -0.05) is 72.8 Å². The molecule has 0 bridgehead atoms. The highest BCUT2D eigenvalue weighted by Gasteiger charge is 2.06. The standard InChI is InChI=1S/C25H17NO/c1-2-6-19(7-3-1)20-12-10-18(11-13-20)17-26-21-14-15-25-23(16-21)22-8-4-5-9-24(22)27-25/h1-17H. The van der Waals surface area contributed by atoms with Gasteiger partial charge in [0.25, 0.3) is 0 Å². The zero-order valence-electron chi connectivity index (χ0n) is 14.7. The Kier molecular flexibility index (Phi) is 3.80. The second-order valence-corrected chi connectivity index (χ2v) is 6.52. The number of hydrogen-bond donors (Lipinski definition) is 0. The summed E-state index contributed by atoms with van der Waals surface area (Å²) in [6.45, 7) is 0. The van der Waals surface area contributed by atoms with E-state index in [2.05, 4.69) is 65.7 Å². The average Bonchev–Trinajstić information content (AvgIpc) is 3.11. The Morgan fingerprint density at radius 1 is 0.593 bits per heavy atom. The lowest BCUT2D eigenvalue weighted by atomic mass is 10.0. The van der Waals surface area contributed by atoms with Crippen LogP contribution in [-0.4, -0.2) is 6.21 Å². The summed E-state index contributed by atoms with van der Waals surface area (Å²) in [7, 11) is 0. The molecule has 2 nitrogen and oxygen atoms in total. The van der Waals surface area contributed by atoms with Gasteiger partial charge in [0.05, 0.1) is 5.69 Å². The van der Waals surface area contributed by atoms with E-state index < -0.39 is 0 Å². The number of para-hydroxylation sites is 1. The van der Waals surface area contributed by atoms with Gasteiger partial charge >= 0.3 is 0 Å². The molecular formula is C25H17NO. The summed E-state index contributed by atoms with van der Waals surface area (Å²) in [6.07, 6.45) is 1.90. The van der Waals surface area contributed by atoms with Crippen LogP contribution in [-0.2, 0) is 0 Å². The summed E-state index contributed by atoms with van der Waals surface area (Å²) in [5.41, 5.74) is 6.22. The molecule has 0 spiro atoms. The first-order valence-electron chi connectivity index (χ1n) is 8.98. The third-order valence-corrected chi connectivity index (χ3v) is 4.74. The topological polar surface area (TPSA) is 25.5 Å². The lowest BCUT2D eigenvalue weighted by Crippen LogP contribution is -1.82. The molecule has 1 heterocycles. The molecule has 5 aromatic rings. The summed E-state index contributed by atoms with van der Waals surface area (Å²) in [5.74, 6) is 0. The Bertz CT molecular complexity index is 1250. The van der Waals surface area contributed by atoms with Crippen molar-refractivity contribution in [2.75, 3.05) is 0 Å². The van der Waals surface area contributed by atoms with Gasteiger partial charge in [-0.05, 0) is 41.0 Å². The maximum absolute atomic E-state index is 5.87. The molecule has 0 aliphatic heterocycles. The van der Waals surface area contributed by atoms with Crippen molar-refractivity contribution < 1.29 is 4.42 Å². The average molecular weight is 347 g/mol. The molecule has 1 aromatic heterocycles. The van der Waals surface area contributed by atoms with Crippen LogP contribution in [0.3, 0.4) is 0 Å². The van der Waals surface area contributed by atoms with Gasteiger partial charge in [-0.15, -0.1) is 0 Å². The van der Waals surface area contributed by atoms with Crippen LogP contribution in [0.25, 0.3) is 33.1 Å². The number of rotatable bonds is 3. The Morgan fingerprint density at radius 2 is 1.30 bits per heavy atom. The zero-order chi connectivity index (χ0) is 18.1. The molecule has 128 valence electrons. The number of fused-ring (bicyclic) bond motifs is 3. The maximum atomic E-state index is 5.87. The summed E-state index contributed by atoms with van der Waals surface area (Å²) in [5, 5.41) is 2.22. The van der Waals surface area contributed by atoms with Crippen molar-refractivity contribution in [3.63, 3.8) is 0 Å². The van der Waals surface area contributed by atoms with Crippen LogP contribution in [0.5, 0.6) is 0 Å². The fourth-order valence-electron chi connectivity index (χ4n) is 3.34. The van der Waals surface area contributed by atoms with Crippen molar-refractivity contribution in [3.8, 4) is 11.1 Å². The van der Waals surface area contributed by atoms with Crippen molar-refractivity contribution in [2.45, 2.75) is 0 Å². The largest absolute Gasteiger partial charge is 0.456 e. The molecule has 0 saturated heterocycles. The van der Waals surface area contributed by atoms with Gasteiger partial charge in [0.2, 0.25) is 0 Å². The van der Waals surface area contributed by atoms with E-state index in [-0.39, 0.29) is 0 Å². The van der Waals surface area contributed by atoms with Crippen LogP contribution in [0.2, 0.25) is 0 Å². The molecule has 0 unspecified atom stereocenters. The molecule has 0 aliphatic carbocycles. The first-order valence-corrected chi connectivity index (χ1v) is 8.98. The molecule has 5 rings (SSSR count).